The van der Waals surface area contributed by atoms with Crippen molar-refractivity contribution in [2.45, 2.75) is 19.3 Å². The average Bonchev–Trinajstić information content (AvgIpc) is 2.27. The lowest BCUT2D eigenvalue weighted by molar-refractivity contribution is 0.374. The molecule has 2 heteroatoms. The standard InChI is InChI=1S/C9H15NO/c1-3-8-6-4-5-7-10-9(8)11-2/h3,8H,1,4-7H2,2H3. The topological polar surface area (TPSA) is 21.6 Å². The molecule has 0 bridgehead atoms. The molecule has 1 rings (SSSR count). The van der Waals surface area contributed by atoms with Gasteiger partial charge in [0, 0.05) is 6.54 Å². The van der Waals surface area contributed by atoms with Crippen molar-refractivity contribution in [2.24, 2.45) is 10.9 Å². The third kappa shape index (κ3) is 2.07. The molecule has 1 heterocycles. The lowest BCUT2D eigenvalue weighted by Gasteiger charge is -2.10. The molecule has 0 fully saturated rings. The highest BCUT2D eigenvalue weighted by Crippen LogP contribution is 2.16. The van der Waals surface area contributed by atoms with Crippen molar-refractivity contribution in [3.05, 3.63) is 12.7 Å². The van der Waals surface area contributed by atoms with Gasteiger partial charge in [0.25, 0.3) is 0 Å². The van der Waals surface area contributed by atoms with Gasteiger partial charge >= 0.3 is 0 Å². The minimum absolute atomic E-state index is 0.350. The maximum atomic E-state index is 5.15. The molecule has 0 aromatic heterocycles. The van der Waals surface area contributed by atoms with Gasteiger partial charge in [0.15, 0.2) is 5.90 Å². The van der Waals surface area contributed by atoms with Crippen LogP contribution in [0.25, 0.3) is 0 Å². The molecule has 0 aromatic rings. The Morgan fingerprint density at radius 3 is 3.09 bits per heavy atom. The molecule has 0 saturated heterocycles. The molecule has 0 saturated carbocycles. The molecule has 0 aliphatic carbocycles. The van der Waals surface area contributed by atoms with Crippen LogP contribution in [0.4, 0.5) is 0 Å². The minimum Gasteiger partial charge on any atom is -0.484 e. The van der Waals surface area contributed by atoms with Crippen LogP contribution in [0.3, 0.4) is 0 Å². The van der Waals surface area contributed by atoms with Crippen molar-refractivity contribution < 1.29 is 4.74 Å². The molecule has 62 valence electrons. The van der Waals surface area contributed by atoms with Crippen LogP contribution in [-0.2, 0) is 4.74 Å². The molecule has 0 amide bonds. The smallest absolute Gasteiger partial charge is 0.190 e. The van der Waals surface area contributed by atoms with E-state index < -0.39 is 0 Å². The highest BCUT2D eigenvalue weighted by atomic mass is 16.5. The summed E-state index contributed by atoms with van der Waals surface area (Å²) in [5.74, 6) is 1.21. The van der Waals surface area contributed by atoms with E-state index in [1.54, 1.807) is 7.11 Å². The number of ether oxygens (including phenoxy) is 1. The minimum atomic E-state index is 0.350. The van der Waals surface area contributed by atoms with E-state index in [2.05, 4.69) is 11.6 Å². The summed E-state index contributed by atoms with van der Waals surface area (Å²) in [4.78, 5) is 4.32. The zero-order chi connectivity index (χ0) is 8.10. The third-order valence-electron chi connectivity index (χ3n) is 2.00. The molecule has 1 aliphatic heterocycles. The zero-order valence-corrected chi connectivity index (χ0v) is 7.05. The zero-order valence-electron chi connectivity index (χ0n) is 7.05. The van der Waals surface area contributed by atoms with Gasteiger partial charge < -0.3 is 4.74 Å². The van der Waals surface area contributed by atoms with E-state index in [0.29, 0.717) is 5.92 Å². The van der Waals surface area contributed by atoms with Crippen molar-refractivity contribution in [3.63, 3.8) is 0 Å². The van der Waals surface area contributed by atoms with Gasteiger partial charge in [-0.15, -0.1) is 6.58 Å². The van der Waals surface area contributed by atoms with Crippen molar-refractivity contribution in [3.8, 4) is 0 Å². The fourth-order valence-corrected chi connectivity index (χ4v) is 1.34. The highest BCUT2D eigenvalue weighted by molar-refractivity contribution is 5.80. The monoisotopic (exact) mass is 153 g/mol. The van der Waals surface area contributed by atoms with Gasteiger partial charge in [-0.1, -0.05) is 12.5 Å². The second kappa shape index (κ2) is 4.16. The SMILES string of the molecule is C=CC1CCCCN=C1OC. The van der Waals surface area contributed by atoms with E-state index in [1.807, 2.05) is 6.08 Å². The highest BCUT2D eigenvalue weighted by Gasteiger charge is 2.14. The summed E-state index contributed by atoms with van der Waals surface area (Å²) in [6, 6.07) is 0. The lowest BCUT2D eigenvalue weighted by Crippen LogP contribution is -2.12. The van der Waals surface area contributed by atoms with E-state index in [4.69, 9.17) is 4.74 Å². The predicted octanol–water partition coefficient (Wildman–Crippen LogP) is 2.02. The van der Waals surface area contributed by atoms with Crippen molar-refractivity contribution in [2.75, 3.05) is 13.7 Å². The van der Waals surface area contributed by atoms with Crippen LogP contribution in [0.15, 0.2) is 17.6 Å². The Balaban J connectivity index is 2.63. The Hall–Kier alpha value is -0.790. The molecule has 0 N–H and O–H groups in total. The van der Waals surface area contributed by atoms with E-state index in [0.717, 1.165) is 18.9 Å². The normalized spacial score (nSPS) is 25.2. The number of methoxy groups -OCH3 is 1. The van der Waals surface area contributed by atoms with E-state index in [1.165, 1.54) is 12.8 Å². The number of hydrogen-bond acceptors (Lipinski definition) is 2. The Morgan fingerprint density at radius 2 is 2.45 bits per heavy atom. The summed E-state index contributed by atoms with van der Waals surface area (Å²) in [6.07, 6.45) is 5.47. The van der Waals surface area contributed by atoms with Crippen LogP contribution in [0.5, 0.6) is 0 Å². The van der Waals surface area contributed by atoms with Crippen LogP contribution >= 0.6 is 0 Å². The first-order valence-corrected chi connectivity index (χ1v) is 4.09. The summed E-state index contributed by atoms with van der Waals surface area (Å²) in [6.45, 7) is 4.67. The first-order chi connectivity index (χ1) is 5.38. The second-order valence-electron chi connectivity index (χ2n) is 2.76. The molecule has 0 spiro atoms. The summed E-state index contributed by atoms with van der Waals surface area (Å²) in [7, 11) is 1.68. The first-order valence-electron chi connectivity index (χ1n) is 4.09. The maximum absolute atomic E-state index is 5.15. The van der Waals surface area contributed by atoms with Gasteiger partial charge in [0.05, 0.1) is 13.0 Å². The Bertz CT molecular complexity index is 163. The number of rotatable bonds is 1. The quantitative estimate of drug-likeness (QED) is 0.528. The molecule has 1 atom stereocenters. The van der Waals surface area contributed by atoms with Gasteiger partial charge in [-0.25, -0.2) is 0 Å². The fourth-order valence-electron chi connectivity index (χ4n) is 1.34. The molecule has 11 heavy (non-hydrogen) atoms. The lowest BCUT2D eigenvalue weighted by atomic mass is 10.0. The van der Waals surface area contributed by atoms with E-state index in [-0.39, 0.29) is 0 Å². The molecule has 0 aromatic carbocycles. The van der Waals surface area contributed by atoms with Crippen LogP contribution in [0, 0.1) is 5.92 Å². The Labute approximate surface area is 68.0 Å². The van der Waals surface area contributed by atoms with Crippen molar-refractivity contribution in [1.29, 1.82) is 0 Å². The Kier molecular flexibility index (Phi) is 3.14. The Morgan fingerprint density at radius 1 is 1.64 bits per heavy atom. The summed E-state index contributed by atoms with van der Waals surface area (Å²) < 4.78 is 5.15. The first kappa shape index (κ1) is 8.31. The molecule has 2 nitrogen and oxygen atoms in total. The molecule has 1 aliphatic rings. The molecule has 0 radical (unpaired) electrons. The average molecular weight is 153 g/mol. The van der Waals surface area contributed by atoms with E-state index in [9.17, 15) is 0 Å². The summed E-state index contributed by atoms with van der Waals surface area (Å²) >= 11 is 0. The third-order valence-corrected chi connectivity index (χ3v) is 2.00. The van der Waals surface area contributed by atoms with Crippen molar-refractivity contribution >= 4 is 5.90 Å². The molecular weight excluding hydrogens is 138 g/mol. The van der Waals surface area contributed by atoms with Gasteiger partial charge in [-0.2, -0.15) is 0 Å². The molecular formula is C9H15NO. The summed E-state index contributed by atoms with van der Waals surface area (Å²) in [5.41, 5.74) is 0. The maximum Gasteiger partial charge on any atom is 0.190 e. The second-order valence-corrected chi connectivity index (χ2v) is 2.76. The van der Waals surface area contributed by atoms with Gasteiger partial charge in [0.2, 0.25) is 0 Å². The van der Waals surface area contributed by atoms with Crippen LogP contribution in [0.2, 0.25) is 0 Å². The number of aliphatic imine (C=N–C) groups is 1. The number of hydrogen-bond donors (Lipinski definition) is 0. The van der Waals surface area contributed by atoms with Crippen molar-refractivity contribution in [1.82, 2.24) is 0 Å². The largest absolute Gasteiger partial charge is 0.484 e. The van der Waals surface area contributed by atoms with Gasteiger partial charge in [-0.3, -0.25) is 4.99 Å². The predicted molar refractivity (Wildman–Crippen MR) is 46.8 cm³/mol. The van der Waals surface area contributed by atoms with E-state index >= 15 is 0 Å². The molecule has 1 unspecified atom stereocenters. The fraction of sp³-hybridized carbons (Fsp3) is 0.667. The number of nitrogens with zero attached hydrogens (tertiary/aromatic N) is 1. The van der Waals surface area contributed by atoms with Crippen LogP contribution in [-0.4, -0.2) is 19.6 Å². The van der Waals surface area contributed by atoms with Gasteiger partial charge in [-0.05, 0) is 12.8 Å². The van der Waals surface area contributed by atoms with Gasteiger partial charge in [0.1, 0.15) is 0 Å². The van der Waals surface area contributed by atoms with Crippen LogP contribution < -0.4 is 0 Å². The van der Waals surface area contributed by atoms with Crippen LogP contribution in [0.1, 0.15) is 19.3 Å². The summed E-state index contributed by atoms with van der Waals surface area (Å²) in [5, 5.41) is 0.